The van der Waals surface area contributed by atoms with Gasteiger partial charge in [-0.25, -0.2) is 4.68 Å². The highest BCUT2D eigenvalue weighted by atomic mass is 35.5. The van der Waals surface area contributed by atoms with Crippen LogP contribution in [0.5, 0.6) is 0 Å². The number of hydrogen-bond acceptors (Lipinski definition) is 4. The first-order valence-electron chi connectivity index (χ1n) is 7.81. The normalized spacial score (nSPS) is 21.7. The van der Waals surface area contributed by atoms with Gasteiger partial charge >= 0.3 is 0 Å². The van der Waals surface area contributed by atoms with Gasteiger partial charge in [0.05, 0.1) is 11.9 Å². The van der Waals surface area contributed by atoms with Crippen LogP contribution in [0.15, 0.2) is 11.0 Å². The summed E-state index contributed by atoms with van der Waals surface area (Å²) in [4.78, 5) is 12.2. The van der Waals surface area contributed by atoms with E-state index in [1.807, 2.05) is 11.8 Å². The number of nitrogens with zero attached hydrogens (tertiary/aromatic N) is 2. The van der Waals surface area contributed by atoms with Gasteiger partial charge in [-0.1, -0.05) is 38.3 Å². The Bertz CT molecular complexity index is 520. The van der Waals surface area contributed by atoms with Gasteiger partial charge in [0, 0.05) is 17.8 Å². The zero-order chi connectivity index (χ0) is 15.2. The lowest BCUT2D eigenvalue weighted by molar-refractivity contribution is 0.543. The SMILES string of the molecule is CCCCn1ncc(NC2CCCC2SCC)c(Cl)c1=O. The molecule has 1 fully saturated rings. The smallest absolute Gasteiger partial charge is 0.287 e. The first-order valence-corrected chi connectivity index (χ1v) is 9.23. The molecule has 4 nitrogen and oxygen atoms in total. The molecule has 1 heterocycles. The lowest BCUT2D eigenvalue weighted by atomic mass is 10.2. The maximum Gasteiger partial charge on any atom is 0.287 e. The predicted molar refractivity (Wildman–Crippen MR) is 91.6 cm³/mol. The molecule has 0 radical (unpaired) electrons. The number of aromatic nitrogens is 2. The minimum absolute atomic E-state index is 0.187. The first kappa shape index (κ1) is 16.7. The Morgan fingerprint density at radius 1 is 1.48 bits per heavy atom. The topological polar surface area (TPSA) is 46.9 Å². The molecular weight excluding hydrogens is 306 g/mol. The molecule has 1 aliphatic carbocycles. The van der Waals surface area contributed by atoms with E-state index in [-0.39, 0.29) is 10.6 Å². The molecule has 1 aromatic rings. The summed E-state index contributed by atoms with van der Waals surface area (Å²) in [6.07, 6.45) is 7.26. The van der Waals surface area contributed by atoms with E-state index in [2.05, 4.69) is 24.3 Å². The summed E-state index contributed by atoms with van der Waals surface area (Å²) < 4.78 is 1.46. The minimum atomic E-state index is -0.187. The third-order valence-electron chi connectivity index (χ3n) is 3.88. The van der Waals surface area contributed by atoms with Crippen molar-refractivity contribution in [3.63, 3.8) is 0 Å². The summed E-state index contributed by atoms with van der Waals surface area (Å²) in [5.74, 6) is 1.12. The molecule has 0 bridgehead atoms. The van der Waals surface area contributed by atoms with Crippen LogP contribution >= 0.6 is 23.4 Å². The number of aryl methyl sites for hydroxylation is 1. The highest BCUT2D eigenvalue weighted by Crippen LogP contribution is 2.32. The first-order chi connectivity index (χ1) is 10.2. The number of anilines is 1. The van der Waals surface area contributed by atoms with E-state index in [4.69, 9.17) is 11.6 Å². The predicted octanol–water partition coefficient (Wildman–Crippen LogP) is 3.78. The molecule has 0 aliphatic heterocycles. The maximum atomic E-state index is 12.2. The molecule has 2 atom stereocenters. The zero-order valence-corrected chi connectivity index (χ0v) is 14.3. The third-order valence-corrected chi connectivity index (χ3v) is 5.57. The van der Waals surface area contributed by atoms with Crippen molar-refractivity contribution < 1.29 is 0 Å². The number of unbranched alkanes of at least 4 members (excludes halogenated alkanes) is 1. The molecule has 1 N–H and O–H groups in total. The standard InChI is InChI=1S/C15H24ClN3OS/c1-3-5-9-19-15(20)14(16)12(10-17-19)18-11-7-6-8-13(11)21-4-2/h10-11,13,18H,3-9H2,1-2H3. The van der Waals surface area contributed by atoms with Crippen molar-refractivity contribution in [3.05, 3.63) is 21.6 Å². The number of nitrogens with one attached hydrogen (secondary N) is 1. The number of hydrogen-bond donors (Lipinski definition) is 1. The van der Waals surface area contributed by atoms with E-state index >= 15 is 0 Å². The van der Waals surface area contributed by atoms with Gasteiger partial charge < -0.3 is 5.32 Å². The van der Waals surface area contributed by atoms with E-state index in [1.165, 1.54) is 17.5 Å². The van der Waals surface area contributed by atoms with Gasteiger partial charge in [0.1, 0.15) is 5.02 Å². The molecule has 0 aromatic carbocycles. The Hall–Kier alpha value is -0.680. The van der Waals surface area contributed by atoms with Crippen molar-refractivity contribution in [3.8, 4) is 0 Å². The van der Waals surface area contributed by atoms with Gasteiger partial charge in [-0.05, 0) is 25.0 Å². The highest BCUT2D eigenvalue weighted by molar-refractivity contribution is 7.99. The van der Waals surface area contributed by atoms with Crippen molar-refractivity contribution in [2.75, 3.05) is 11.1 Å². The van der Waals surface area contributed by atoms with Gasteiger partial charge in [-0.15, -0.1) is 0 Å². The summed E-state index contributed by atoms with van der Waals surface area (Å²) in [7, 11) is 0. The van der Waals surface area contributed by atoms with Crippen molar-refractivity contribution >= 4 is 29.1 Å². The summed E-state index contributed by atoms with van der Waals surface area (Å²) in [6.45, 7) is 4.91. The van der Waals surface area contributed by atoms with Gasteiger partial charge in [0.2, 0.25) is 0 Å². The lowest BCUT2D eigenvalue weighted by Gasteiger charge is -2.21. The summed E-state index contributed by atoms with van der Waals surface area (Å²) >= 11 is 8.22. The second-order valence-corrected chi connectivity index (χ2v) is 7.32. The number of halogens is 1. The van der Waals surface area contributed by atoms with E-state index < -0.39 is 0 Å². The molecular formula is C15H24ClN3OS. The van der Waals surface area contributed by atoms with Crippen LogP contribution in [0.2, 0.25) is 5.02 Å². The molecule has 21 heavy (non-hydrogen) atoms. The lowest BCUT2D eigenvalue weighted by Crippen LogP contribution is -2.29. The average molecular weight is 330 g/mol. The molecule has 6 heteroatoms. The van der Waals surface area contributed by atoms with Gasteiger partial charge in [0.15, 0.2) is 0 Å². The van der Waals surface area contributed by atoms with E-state index in [1.54, 1.807) is 6.20 Å². The van der Waals surface area contributed by atoms with E-state index in [0.29, 0.717) is 23.5 Å². The summed E-state index contributed by atoms with van der Waals surface area (Å²) in [5.41, 5.74) is 0.496. The van der Waals surface area contributed by atoms with Crippen LogP contribution in [0.3, 0.4) is 0 Å². The minimum Gasteiger partial charge on any atom is -0.379 e. The Labute approximate surface area is 135 Å². The molecule has 0 spiro atoms. The second kappa shape index (κ2) is 8.08. The second-order valence-electron chi connectivity index (χ2n) is 5.43. The number of thioether (sulfide) groups is 1. The van der Waals surface area contributed by atoms with Crippen LogP contribution in [-0.2, 0) is 6.54 Å². The van der Waals surface area contributed by atoms with Crippen molar-refractivity contribution in [2.45, 2.75) is 63.8 Å². The van der Waals surface area contributed by atoms with Crippen molar-refractivity contribution in [2.24, 2.45) is 0 Å². The molecule has 0 saturated heterocycles. The summed E-state index contributed by atoms with van der Waals surface area (Å²) in [5, 5.41) is 8.56. The van der Waals surface area contributed by atoms with E-state index in [9.17, 15) is 4.79 Å². The molecule has 118 valence electrons. The molecule has 1 saturated carbocycles. The molecule has 1 aromatic heterocycles. The average Bonchev–Trinajstić information content (AvgIpc) is 2.91. The van der Waals surface area contributed by atoms with Gasteiger partial charge in [-0.2, -0.15) is 16.9 Å². The number of rotatable bonds is 7. The Morgan fingerprint density at radius 3 is 3.00 bits per heavy atom. The molecule has 1 aliphatic rings. The van der Waals surface area contributed by atoms with Crippen LogP contribution in [-0.4, -0.2) is 26.8 Å². The maximum absolute atomic E-state index is 12.2. The third kappa shape index (κ3) is 4.16. The van der Waals surface area contributed by atoms with Gasteiger partial charge in [0.25, 0.3) is 5.56 Å². The highest BCUT2D eigenvalue weighted by Gasteiger charge is 2.27. The largest absolute Gasteiger partial charge is 0.379 e. The molecule has 2 rings (SSSR count). The zero-order valence-electron chi connectivity index (χ0n) is 12.8. The van der Waals surface area contributed by atoms with Crippen LogP contribution in [0, 0.1) is 0 Å². The fourth-order valence-electron chi connectivity index (χ4n) is 2.74. The van der Waals surface area contributed by atoms with Crippen molar-refractivity contribution in [1.82, 2.24) is 9.78 Å². The van der Waals surface area contributed by atoms with Crippen LogP contribution in [0.25, 0.3) is 0 Å². The molecule has 2 unspecified atom stereocenters. The van der Waals surface area contributed by atoms with Gasteiger partial charge in [-0.3, -0.25) is 4.79 Å². The fraction of sp³-hybridized carbons (Fsp3) is 0.733. The van der Waals surface area contributed by atoms with Crippen molar-refractivity contribution in [1.29, 1.82) is 0 Å². The fourth-order valence-corrected chi connectivity index (χ4v) is 4.14. The summed E-state index contributed by atoms with van der Waals surface area (Å²) in [6, 6.07) is 0.389. The quantitative estimate of drug-likeness (QED) is 0.827. The van der Waals surface area contributed by atoms with Crippen LogP contribution in [0.4, 0.5) is 5.69 Å². The molecule has 0 amide bonds. The van der Waals surface area contributed by atoms with E-state index in [0.717, 1.165) is 25.0 Å². The van der Waals surface area contributed by atoms with Crippen LogP contribution < -0.4 is 10.9 Å². The Morgan fingerprint density at radius 2 is 2.29 bits per heavy atom. The Kier molecular flexibility index (Phi) is 6.42. The Balaban J connectivity index is 2.10. The van der Waals surface area contributed by atoms with Crippen LogP contribution in [0.1, 0.15) is 46.0 Å². The monoisotopic (exact) mass is 329 g/mol.